The quantitative estimate of drug-likeness (QED) is 0.343. The molecule has 0 aliphatic carbocycles. The third-order valence-corrected chi connectivity index (χ3v) is 3.21. The summed E-state index contributed by atoms with van der Waals surface area (Å²) in [7, 11) is 0. The van der Waals surface area contributed by atoms with Gasteiger partial charge in [0.15, 0.2) is 0 Å². The van der Waals surface area contributed by atoms with Crippen molar-refractivity contribution in [2.75, 3.05) is 6.61 Å². The Hall–Kier alpha value is -1.43. The van der Waals surface area contributed by atoms with E-state index < -0.39 is 10.9 Å². The predicted octanol–water partition coefficient (Wildman–Crippen LogP) is 3.95. The van der Waals surface area contributed by atoms with E-state index in [9.17, 15) is 14.9 Å². The smallest absolute Gasteiger partial charge is 0.338 e. The Bertz CT molecular complexity index is 474. The number of hydrogen-bond donors (Lipinski definition) is 0. The number of nitro groups is 1. The van der Waals surface area contributed by atoms with E-state index >= 15 is 0 Å². The fourth-order valence-corrected chi connectivity index (χ4v) is 1.91. The molecule has 0 spiro atoms. The average molecular weight is 330 g/mol. The first-order valence-corrected chi connectivity index (χ1v) is 6.82. The summed E-state index contributed by atoms with van der Waals surface area (Å²) in [6.07, 6.45) is 1.77. The normalized spacial score (nSPS) is 10.5. The molecule has 0 aromatic heterocycles. The minimum Gasteiger partial charge on any atom is -0.462 e. The molecule has 0 bridgehead atoms. The summed E-state index contributed by atoms with van der Waals surface area (Å²) in [5.74, 6) is 0.0341. The average Bonchev–Trinajstić information content (AvgIpc) is 2.34. The fraction of sp³-hybridized carbons (Fsp3) is 0.462. The van der Waals surface area contributed by atoms with Crippen LogP contribution in [-0.4, -0.2) is 17.5 Å². The number of ether oxygens (including phenoxy) is 1. The maximum absolute atomic E-state index is 11.7. The second-order valence-electron chi connectivity index (χ2n) is 4.60. The molecule has 0 amide bonds. The first-order valence-electron chi connectivity index (χ1n) is 6.03. The predicted molar refractivity (Wildman–Crippen MR) is 75.2 cm³/mol. The fourth-order valence-electron chi connectivity index (χ4n) is 1.52. The lowest BCUT2D eigenvalue weighted by atomic mass is 10.1. The number of esters is 1. The van der Waals surface area contributed by atoms with Crippen LogP contribution in [-0.2, 0) is 4.74 Å². The van der Waals surface area contributed by atoms with Gasteiger partial charge in [0, 0.05) is 6.07 Å². The van der Waals surface area contributed by atoms with Crippen LogP contribution in [0.3, 0.4) is 0 Å². The molecule has 1 aromatic carbocycles. The van der Waals surface area contributed by atoms with Gasteiger partial charge in [-0.15, -0.1) is 0 Å². The minimum absolute atomic E-state index is 0.142. The molecular weight excluding hydrogens is 314 g/mol. The standard InChI is InChI=1S/C13H16BrNO4/c1-9(2)4-3-7-19-13(16)10-5-6-11(14)12(8-10)15(17)18/h5-6,8-9H,3-4,7H2,1-2H3. The Morgan fingerprint density at radius 3 is 2.74 bits per heavy atom. The summed E-state index contributed by atoms with van der Waals surface area (Å²) in [6, 6.07) is 4.19. The van der Waals surface area contributed by atoms with Gasteiger partial charge in [0.2, 0.25) is 0 Å². The molecule has 0 saturated heterocycles. The van der Waals surface area contributed by atoms with Crippen molar-refractivity contribution < 1.29 is 14.5 Å². The van der Waals surface area contributed by atoms with Crippen LogP contribution < -0.4 is 0 Å². The topological polar surface area (TPSA) is 69.4 Å². The highest BCUT2D eigenvalue weighted by Gasteiger charge is 2.16. The Morgan fingerprint density at radius 1 is 1.47 bits per heavy atom. The van der Waals surface area contributed by atoms with Crippen LogP contribution in [0.15, 0.2) is 22.7 Å². The van der Waals surface area contributed by atoms with Gasteiger partial charge >= 0.3 is 5.97 Å². The van der Waals surface area contributed by atoms with E-state index in [-0.39, 0.29) is 11.3 Å². The molecule has 1 rings (SSSR count). The number of halogens is 1. The van der Waals surface area contributed by atoms with E-state index in [1.165, 1.54) is 18.2 Å². The van der Waals surface area contributed by atoms with E-state index in [1.807, 2.05) is 0 Å². The molecule has 0 N–H and O–H groups in total. The zero-order chi connectivity index (χ0) is 14.4. The molecule has 0 aliphatic rings. The van der Waals surface area contributed by atoms with Crippen LogP contribution in [0.2, 0.25) is 0 Å². The summed E-state index contributed by atoms with van der Waals surface area (Å²) < 4.78 is 5.42. The summed E-state index contributed by atoms with van der Waals surface area (Å²) in [4.78, 5) is 21.9. The second kappa shape index (κ2) is 7.23. The third kappa shape index (κ3) is 4.98. The number of benzene rings is 1. The largest absolute Gasteiger partial charge is 0.462 e. The van der Waals surface area contributed by atoms with Crippen LogP contribution in [0.25, 0.3) is 0 Å². The number of carbonyl (C=O) groups is 1. The Labute approximate surface area is 120 Å². The molecule has 5 nitrogen and oxygen atoms in total. The molecule has 19 heavy (non-hydrogen) atoms. The Kier molecular flexibility index (Phi) is 5.95. The summed E-state index contributed by atoms with van der Waals surface area (Å²) >= 11 is 3.07. The second-order valence-corrected chi connectivity index (χ2v) is 5.45. The van der Waals surface area contributed by atoms with Crippen molar-refractivity contribution in [2.45, 2.75) is 26.7 Å². The van der Waals surface area contributed by atoms with Crippen LogP contribution in [0, 0.1) is 16.0 Å². The van der Waals surface area contributed by atoms with Crippen molar-refractivity contribution in [1.82, 2.24) is 0 Å². The molecule has 0 unspecified atom stereocenters. The van der Waals surface area contributed by atoms with Crippen LogP contribution >= 0.6 is 15.9 Å². The lowest BCUT2D eigenvalue weighted by Gasteiger charge is -2.06. The Morgan fingerprint density at radius 2 is 2.16 bits per heavy atom. The maximum atomic E-state index is 11.7. The van der Waals surface area contributed by atoms with Crippen molar-refractivity contribution in [1.29, 1.82) is 0 Å². The SMILES string of the molecule is CC(C)CCCOC(=O)c1ccc(Br)c([N+](=O)[O-])c1. The van der Waals surface area contributed by atoms with E-state index in [2.05, 4.69) is 29.8 Å². The van der Waals surface area contributed by atoms with Gasteiger partial charge in [-0.05, 0) is 46.8 Å². The van der Waals surface area contributed by atoms with Gasteiger partial charge in [-0.1, -0.05) is 13.8 Å². The van der Waals surface area contributed by atoms with Crippen molar-refractivity contribution >= 4 is 27.6 Å². The van der Waals surface area contributed by atoms with Crippen molar-refractivity contribution in [2.24, 2.45) is 5.92 Å². The summed E-state index contributed by atoms with van der Waals surface area (Å²) in [5, 5.41) is 10.8. The van der Waals surface area contributed by atoms with E-state index in [1.54, 1.807) is 0 Å². The number of nitrogens with zero attached hydrogens (tertiary/aromatic N) is 1. The highest BCUT2D eigenvalue weighted by molar-refractivity contribution is 9.10. The minimum atomic E-state index is -0.542. The van der Waals surface area contributed by atoms with E-state index in [4.69, 9.17) is 4.74 Å². The first-order chi connectivity index (χ1) is 8.91. The lowest BCUT2D eigenvalue weighted by Crippen LogP contribution is -2.07. The van der Waals surface area contributed by atoms with E-state index in [0.29, 0.717) is 17.0 Å². The van der Waals surface area contributed by atoms with Crippen molar-refractivity contribution in [3.05, 3.63) is 38.3 Å². The van der Waals surface area contributed by atoms with E-state index in [0.717, 1.165) is 12.8 Å². The van der Waals surface area contributed by atoms with Gasteiger partial charge in [-0.3, -0.25) is 10.1 Å². The van der Waals surface area contributed by atoms with Crippen molar-refractivity contribution in [3.63, 3.8) is 0 Å². The van der Waals surface area contributed by atoms with Crippen LogP contribution in [0.1, 0.15) is 37.0 Å². The zero-order valence-electron chi connectivity index (χ0n) is 10.9. The third-order valence-electron chi connectivity index (χ3n) is 2.54. The molecule has 0 saturated carbocycles. The molecule has 0 aliphatic heterocycles. The van der Waals surface area contributed by atoms with Gasteiger partial charge in [0.1, 0.15) is 0 Å². The summed E-state index contributed by atoms with van der Waals surface area (Å²) in [5.41, 5.74) is 0.0519. The number of carbonyl (C=O) groups excluding carboxylic acids is 1. The monoisotopic (exact) mass is 329 g/mol. The molecule has 0 heterocycles. The highest BCUT2D eigenvalue weighted by atomic mass is 79.9. The zero-order valence-corrected chi connectivity index (χ0v) is 12.5. The molecule has 0 radical (unpaired) electrons. The van der Waals surface area contributed by atoms with Gasteiger partial charge in [0.05, 0.1) is 21.6 Å². The van der Waals surface area contributed by atoms with Crippen LogP contribution in [0.5, 0.6) is 0 Å². The number of rotatable bonds is 6. The van der Waals surface area contributed by atoms with Gasteiger partial charge in [0.25, 0.3) is 5.69 Å². The van der Waals surface area contributed by atoms with Gasteiger partial charge in [-0.25, -0.2) is 4.79 Å². The maximum Gasteiger partial charge on any atom is 0.338 e. The molecule has 0 fully saturated rings. The number of nitro benzene ring substituents is 1. The molecule has 1 aromatic rings. The van der Waals surface area contributed by atoms with Gasteiger partial charge in [-0.2, -0.15) is 0 Å². The Balaban J connectivity index is 2.62. The highest BCUT2D eigenvalue weighted by Crippen LogP contribution is 2.25. The number of hydrogen-bond acceptors (Lipinski definition) is 4. The lowest BCUT2D eigenvalue weighted by molar-refractivity contribution is -0.385. The summed E-state index contributed by atoms with van der Waals surface area (Å²) in [6.45, 7) is 4.53. The molecule has 104 valence electrons. The van der Waals surface area contributed by atoms with Crippen LogP contribution in [0.4, 0.5) is 5.69 Å². The van der Waals surface area contributed by atoms with Gasteiger partial charge < -0.3 is 4.74 Å². The molecular formula is C13H16BrNO4. The molecule has 6 heteroatoms. The molecule has 0 atom stereocenters. The van der Waals surface area contributed by atoms with Crippen molar-refractivity contribution in [3.8, 4) is 0 Å². The first kappa shape index (κ1) is 15.6.